The number of nitrogens with zero attached hydrogens (tertiary/aromatic N) is 1. The fraction of sp³-hybridized carbons (Fsp3) is 0.833. The predicted octanol–water partition coefficient (Wildman–Crippen LogP) is 0.539. The van der Waals surface area contributed by atoms with Crippen LogP contribution in [0.4, 0.5) is 0 Å². The van der Waals surface area contributed by atoms with Gasteiger partial charge in [-0.1, -0.05) is 6.92 Å². The molecular weight excluding hydrogens is 220 g/mol. The molecule has 1 heterocycles. The molecule has 1 fully saturated rings. The number of rotatable bonds is 5. The van der Waals surface area contributed by atoms with E-state index in [1.165, 1.54) is 7.11 Å². The zero-order valence-electron chi connectivity index (χ0n) is 10.9. The third-order valence-corrected chi connectivity index (χ3v) is 3.08. The summed E-state index contributed by atoms with van der Waals surface area (Å²) in [6.45, 7) is 5.49. The topological polar surface area (TPSA) is 58.6 Å². The second-order valence-electron chi connectivity index (χ2n) is 4.43. The Bertz CT molecular complexity index is 281. The molecule has 1 aliphatic rings. The van der Waals surface area contributed by atoms with Gasteiger partial charge in [0.25, 0.3) is 0 Å². The van der Waals surface area contributed by atoms with Crippen molar-refractivity contribution in [2.75, 3.05) is 20.2 Å². The van der Waals surface area contributed by atoms with Crippen LogP contribution in [0.25, 0.3) is 0 Å². The molecule has 17 heavy (non-hydrogen) atoms. The highest BCUT2D eigenvalue weighted by Crippen LogP contribution is 2.19. The second-order valence-corrected chi connectivity index (χ2v) is 4.43. The number of carbonyl (C=O) groups excluding carboxylic acids is 2. The summed E-state index contributed by atoms with van der Waals surface area (Å²) in [6, 6.07) is -0.229. The van der Waals surface area contributed by atoms with Crippen LogP contribution in [0.15, 0.2) is 0 Å². The molecule has 1 N–H and O–H groups in total. The van der Waals surface area contributed by atoms with Gasteiger partial charge < -0.3 is 15.0 Å². The molecule has 0 bridgehead atoms. The molecule has 0 saturated carbocycles. The van der Waals surface area contributed by atoms with Gasteiger partial charge in [0.05, 0.1) is 7.11 Å². The fourth-order valence-electron chi connectivity index (χ4n) is 2.25. The molecule has 0 radical (unpaired) electrons. The first kappa shape index (κ1) is 14.0. The van der Waals surface area contributed by atoms with E-state index >= 15 is 0 Å². The Morgan fingerprint density at radius 1 is 1.53 bits per heavy atom. The largest absolute Gasteiger partial charge is 0.467 e. The summed E-state index contributed by atoms with van der Waals surface area (Å²) in [4.78, 5) is 25.2. The van der Waals surface area contributed by atoms with Crippen molar-refractivity contribution < 1.29 is 14.3 Å². The van der Waals surface area contributed by atoms with Crippen molar-refractivity contribution in [3.63, 3.8) is 0 Å². The standard InChI is InChI=1S/C12H22N2O3/c1-4-13-9(2)8-11(15)14-7-5-6-10(14)12(16)17-3/h9-10,13H,4-8H2,1-3H3. The third kappa shape index (κ3) is 3.70. The van der Waals surface area contributed by atoms with Gasteiger partial charge in [0.2, 0.25) is 5.91 Å². The van der Waals surface area contributed by atoms with Crippen LogP contribution < -0.4 is 5.32 Å². The van der Waals surface area contributed by atoms with Gasteiger partial charge in [0.15, 0.2) is 0 Å². The number of ether oxygens (including phenoxy) is 1. The summed E-state index contributed by atoms with van der Waals surface area (Å²) >= 11 is 0. The molecule has 5 nitrogen and oxygen atoms in total. The lowest BCUT2D eigenvalue weighted by Gasteiger charge is -2.24. The fourth-order valence-corrected chi connectivity index (χ4v) is 2.25. The van der Waals surface area contributed by atoms with Crippen LogP contribution in [0.1, 0.15) is 33.1 Å². The summed E-state index contributed by atoms with van der Waals surface area (Å²) in [7, 11) is 1.37. The molecule has 0 aliphatic carbocycles. The first-order valence-corrected chi connectivity index (χ1v) is 6.20. The van der Waals surface area contributed by atoms with Gasteiger partial charge >= 0.3 is 5.97 Å². The zero-order chi connectivity index (χ0) is 12.8. The van der Waals surface area contributed by atoms with Gasteiger partial charge in [-0.15, -0.1) is 0 Å². The van der Waals surface area contributed by atoms with Crippen LogP contribution in [-0.4, -0.2) is 49.1 Å². The zero-order valence-corrected chi connectivity index (χ0v) is 10.9. The SMILES string of the molecule is CCNC(C)CC(=O)N1CCCC1C(=O)OC. The van der Waals surface area contributed by atoms with Crippen molar-refractivity contribution in [1.29, 1.82) is 0 Å². The third-order valence-electron chi connectivity index (χ3n) is 3.08. The first-order chi connectivity index (χ1) is 8.10. The maximum absolute atomic E-state index is 12.0. The van der Waals surface area contributed by atoms with Crippen molar-refractivity contribution in [1.82, 2.24) is 10.2 Å². The Kier molecular flexibility index (Phi) is 5.41. The Morgan fingerprint density at radius 2 is 2.24 bits per heavy atom. The molecule has 1 amide bonds. The molecule has 0 aromatic rings. The van der Waals surface area contributed by atoms with Crippen LogP contribution in [0, 0.1) is 0 Å². The normalized spacial score (nSPS) is 21.4. The lowest BCUT2D eigenvalue weighted by atomic mass is 10.2. The highest BCUT2D eigenvalue weighted by atomic mass is 16.5. The maximum atomic E-state index is 12.0. The molecule has 98 valence electrons. The van der Waals surface area contributed by atoms with Gasteiger partial charge in [0, 0.05) is 19.0 Å². The van der Waals surface area contributed by atoms with Crippen molar-refractivity contribution in [2.45, 2.75) is 45.2 Å². The quantitative estimate of drug-likeness (QED) is 0.715. The Morgan fingerprint density at radius 3 is 2.82 bits per heavy atom. The number of esters is 1. The van der Waals surface area contributed by atoms with Crippen molar-refractivity contribution >= 4 is 11.9 Å². The molecule has 1 rings (SSSR count). The summed E-state index contributed by atoms with van der Waals surface area (Å²) in [5, 5.41) is 3.19. The van der Waals surface area contributed by atoms with Gasteiger partial charge in [-0.3, -0.25) is 4.79 Å². The monoisotopic (exact) mass is 242 g/mol. The van der Waals surface area contributed by atoms with Crippen LogP contribution in [-0.2, 0) is 14.3 Å². The van der Waals surface area contributed by atoms with Crippen LogP contribution in [0.3, 0.4) is 0 Å². The lowest BCUT2D eigenvalue weighted by Crippen LogP contribution is -2.43. The number of hydrogen-bond acceptors (Lipinski definition) is 4. The Labute approximate surface area is 102 Å². The van der Waals surface area contributed by atoms with Crippen molar-refractivity contribution in [3.05, 3.63) is 0 Å². The predicted molar refractivity (Wildman–Crippen MR) is 64.5 cm³/mol. The van der Waals surface area contributed by atoms with E-state index in [-0.39, 0.29) is 24.0 Å². The minimum atomic E-state index is -0.374. The van der Waals surface area contributed by atoms with Gasteiger partial charge in [-0.25, -0.2) is 4.79 Å². The molecule has 0 spiro atoms. The molecule has 1 aliphatic heterocycles. The smallest absolute Gasteiger partial charge is 0.328 e. The van der Waals surface area contributed by atoms with Gasteiger partial charge in [-0.2, -0.15) is 0 Å². The first-order valence-electron chi connectivity index (χ1n) is 6.20. The Hall–Kier alpha value is -1.10. The highest BCUT2D eigenvalue weighted by molar-refractivity contribution is 5.85. The summed E-state index contributed by atoms with van der Waals surface area (Å²) < 4.78 is 4.72. The maximum Gasteiger partial charge on any atom is 0.328 e. The average molecular weight is 242 g/mol. The number of nitrogens with one attached hydrogen (secondary N) is 1. The van der Waals surface area contributed by atoms with Crippen molar-refractivity contribution in [3.8, 4) is 0 Å². The number of hydrogen-bond donors (Lipinski definition) is 1. The van der Waals surface area contributed by atoms with Crippen molar-refractivity contribution in [2.24, 2.45) is 0 Å². The van der Waals surface area contributed by atoms with Crippen LogP contribution in [0.5, 0.6) is 0 Å². The van der Waals surface area contributed by atoms with Gasteiger partial charge in [-0.05, 0) is 26.3 Å². The van der Waals surface area contributed by atoms with E-state index in [9.17, 15) is 9.59 Å². The molecule has 2 unspecified atom stereocenters. The van der Waals surface area contributed by atoms with Crippen LogP contribution in [0.2, 0.25) is 0 Å². The van der Waals surface area contributed by atoms with E-state index in [4.69, 9.17) is 4.74 Å². The van der Waals surface area contributed by atoms with E-state index in [1.807, 2.05) is 13.8 Å². The summed E-state index contributed by atoms with van der Waals surface area (Å²) in [5.74, 6) is -0.265. The summed E-state index contributed by atoms with van der Waals surface area (Å²) in [6.07, 6.45) is 2.02. The highest BCUT2D eigenvalue weighted by Gasteiger charge is 2.34. The van der Waals surface area contributed by atoms with E-state index in [0.29, 0.717) is 19.4 Å². The van der Waals surface area contributed by atoms with Gasteiger partial charge in [0.1, 0.15) is 6.04 Å². The number of methoxy groups -OCH3 is 1. The lowest BCUT2D eigenvalue weighted by molar-refractivity contribution is -0.151. The molecule has 0 aromatic carbocycles. The average Bonchev–Trinajstić information content (AvgIpc) is 2.77. The van der Waals surface area contributed by atoms with E-state index < -0.39 is 0 Å². The second kappa shape index (κ2) is 6.59. The number of carbonyl (C=O) groups is 2. The Balaban J connectivity index is 2.53. The molecule has 5 heteroatoms. The minimum absolute atomic E-state index is 0.0337. The number of likely N-dealkylation sites (tertiary alicyclic amines) is 1. The molecule has 1 saturated heterocycles. The molecule has 0 aromatic heterocycles. The minimum Gasteiger partial charge on any atom is -0.467 e. The molecular formula is C12H22N2O3. The number of amides is 1. The van der Waals surface area contributed by atoms with E-state index in [2.05, 4.69) is 5.32 Å². The van der Waals surface area contributed by atoms with Crippen LogP contribution >= 0.6 is 0 Å². The van der Waals surface area contributed by atoms with E-state index in [1.54, 1.807) is 4.90 Å². The van der Waals surface area contributed by atoms with E-state index in [0.717, 1.165) is 13.0 Å². The molecule has 2 atom stereocenters. The summed E-state index contributed by atoms with van der Waals surface area (Å²) in [5.41, 5.74) is 0.